The minimum absolute atomic E-state index is 0.349. The molecule has 1 aromatic rings. The molecule has 0 amide bonds. The van der Waals surface area contributed by atoms with Crippen LogP contribution in [0.15, 0.2) is 23.3 Å². The maximum Gasteiger partial charge on any atom is 0.125 e. The van der Waals surface area contributed by atoms with Crippen LogP contribution in [-0.4, -0.2) is 6.54 Å². The first-order valence-electron chi connectivity index (χ1n) is 4.88. The predicted molar refractivity (Wildman–Crippen MR) is 63.2 cm³/mol. The number of halogens is 1. The van der Waals surface area contributed by atoms with E-state index < -0.39 is 0 Å². The second-order valence-corrected chi connectivity index (χ2v) is 3.35. The number of anilines is 1. The van der Waals surface area contributed by atoms with E-state index in [0.29, 0.717) is 18.7 Å². The van der Waals surface area contributed by atoms with Crippen LogP contribution in [-0.2, 0) is 0 Å². The van der Waals surface area contributed by atoms with Crippen LogP contribution >= 0.6 is 0 Å². The molecular weight excluding hydrogens is 207 g/mol. The van der Waals surface area contributed by atoms with E-state index >= 15 is 0 Å². The standard InChI is InChI=1S/C11H13FN4/c1-8-9(4-2-3-5-15-16-14)6-10(12)7-11(8)13/h2,4,6-7H,3,5,13H2,1H3. The number of nitrogens with zero attached hydrogens (tertiary/aromatic N) is 3. The van der Waals surface area contributed by atoms with Crippen LogP contribution in [0.5, 0.6) is 0 Å². The number of nitrogens with two attached hydrogens (primary N) is 1. The summed E-state index contributed by atoms with van der Waals surface area (Å²) < 4.78 is 13.1. The van der Waals surface area contributed by atoms with Crippen LogP contribution in [0.4, 0.5) is 10.1 Å². The lowest BCUT2D eigenvalue weighted by Gasteiger charge is -2.04. The van der Waals surface area contributed by atoms with Gasteiger partial charge in [-0.3, -0.25) is 0 Å². The molecule has 0 spiro atoms. The highest BCUT2D eigenvalue weighted by Crippen LogP contribution is 2.19. The molecule has 16 heavy (non-hydrogen) atoms. The number of hydrogen-bond acceptors (Lipinski definition) is 2. The molecular formula is C11H13FN4. The molecule has 0 bridgehead atoms. The average molecular weight is 220 g/mol. The average Bonchev–Trinajstić information content (AvgIpc) is 2.24. The largest absolute Gasteiger partial charge is 0.398 e. The number of rotatable bonds is 4. The number of benzene rings is 1. The normalized spacial score (nSPS) is 10.4. The predicted octanol–water partition coefficient (Wildman–Crippen LogP) is 3.43. The van der Waals surface area contributed by atoms with Crippen molar-refractivity contribution in [2.45, 2.75) is 13.3 Å². The van der Waals surface area contributed by atoms with Crippen LogP contribution in [0.2, 0.25) is 0 Å². The Labute approximate surface area is 93.2 Å². The molecule has 0 aliphatic rings. The summed E-state index contributed by atoms with van der Waals surface area (Å²) >= 11 is 0. The monoisotopic (exact) mass is 220 g/mol. The maximum atomic E-state index is 13.1. The molecule has 1 aromatic carbocycles. The highest BCUT2D eigenvalue weighted by Gasteiger charge is 2.01. The fourth-order valence-corrected chi connectivity index (χ4v) is 1.28. The summed E-state index contributed by atoms with van der Waals surface area (Å²) in [5.41, 5.74) is 15.7. The van der Waals surface area contributed by atoms with Gasteiger partial charge in [-0.15, -0.1) is 0 Å². The van der Waals surface area contributed by atoms with Gasteiger partial charge in [-0.1, -0.05) is 17.3 Å². The van der Waals surface area contributed by atoms with Gasteiger partial charge in [0.05, 0.1) is 0 Å². The minimum atomic E-state index is -0.349. The highest BCUT2D eigenvalue weighted by molar-refractivity contribution is 5.62. The van der Waals surface area contributed by atoms with E-state index in [2.05, 4.69) is 10.0 Å². The molecule has 0 aliphatic carbocycles. The van der Waals surface area contributed by atoms with Crippen LogP contribution in [0, 0.1) is 12.7 Å². The lowest BCUT2D eigenvalue weighted by Crippen LogP contribution is -1.93. The van der Waals surface area contributed by atoms with Crippen molar-refractivity contribution >= 4 is 11.8 Å². The molecule has 0 unspecified atom stereocenters. The Morgan fingerprint density at radius 3 is 3.00 bits per heavy atom. The van der Waals surface area contributed by atoms with Gasteiger partial charge in [-0.05, 0) is 42.1 Å². The van der Waals surface area contributed by atoms with E-state index in [1.54, 1.807) is 6.08 Å². The zero-order valence-electron chi connectivity index (χ0n) is 9.02. The van der Waals surface area contributed by atoms with Crippen molar-refractivity contribution in [3.05, 3.63) is 45.6 Å². The topological polar surface area (TPSA) is 74.8 Å². The van der Waals surface area contributed by atoms with Gasteiger partial charge in [0.25, 0.3) is 0 Å². The Hall–Kier alpha value is -2.00. The van der Waals surface area contributed by atoms with Crippen LogP contribution < -0.4 is 5.73 Å². The van der Waals surface area contributed by atoms with Gasteiger partial charge in [0.2, 0.25) is 0 Å². The van der Waals surface area contributed by atoms with Gasteiger partial charge in [-0.25, -0.2) is 4.39 Å². The summed E-state index contributed by atoms with van der Waals surface area (Å²) in [5, 5.41) is 3.39. The molecule has 5 heteroatoms. The van der Waals surface area contributed by atoms with Crippen LogP contribution in [0.3, 0.4) is 0 Å². The fraction of sp³-hybridized carbons (Fsp3) is 0.273. The van der Waals surface area contributed by atoms with Gasteiger partial charge in [-0.2, -0.15) is 0 Å². The molecule has 4 nitrogen and oxygen atoms in total. The Morgan fingerprint density at radius 1 is 1.56 bits per heavy atom. The molecule has 1 rings (SSSR count). The Balaban J connectivity index is 2.76. The third kappa shape index (κ3) is 3.29. The summed E-state index contributed by atoms with van der Waals surface area (Å²) in [6.07, 6.45) is 4.23. The molecule has 0 aromatic heterocycles. The third-order valence-corrected chi connectivity index (χ3v) is 2.21. The first-order valence-corrected chi connectivity index (χ1v) is 4.88. The molecule has 0 aliphatic heterocycles. The molecule has 84 valence electrons. The van der Waals surface area contributed by atoms with Gasteiger partial charge in [0.1, 0.15) is 5.82 Å². The van der Waals surface area contributed by atoms with Crippen molar-refractivity contribution in [3.63, 3.8) is 0 Å². The molecule has 0 saturated heterocycles. The highest BCUT2D eigenvalue weighted by atomic mass is 19.1. The third-order valence-electron chi connectivity index (χ3n) is 2.21. The van der Waals surface area contributed by atoms with Gasteiger partial charge < -0.3 is 5.73 Å². The molecule has 0 heterocycles. The second-order valence-electron chi connectivity index (χ2n) is 3.35. The molecule has 0 radical (unpaired) electrons. The van der Waals surface area contributed by atoms with Crippen molar-refractivity contribution in [1.82, 2.24) is 0 Å². The Morgan fingerprint density at radius 2 is 2.31 bits per heavy atom. The quantitative estimate of drug-likeness (QED) is 0.272. The number of azide groups is 1. The van der Waals surface area contributed by atoms with Crippen LogP contribution in [0.25, 0.3) is 16.5 Å². The van der Waals surface area contributed by atoms with Gasteiger partial charge in [0.15, 0.2) is 0 Å². The zero-order valence-corrected chi connectivity index (χ0v) is 9.02. The molecule has 2 N–H and O–H groups in total. The maximum absolute atomic E-state index is 13.1. The Bertz CT molecular complexity index is 448. The van der Waals surface area contributed by atoms with Crippen molar-refractivity contribution < 1.29 is 4.39 Å². The van der Waals surface area contributed by atoms with E-state index in [0.717, 1.165) is 11.1 Å². The van der Waals surface area contributed by atoms with Crippen molar-refractivity contribution in [2.24, 2.45) is 5.11 Å². The summed E-state index contributed by atoms with van der Waals surface area (Å²) in [6.45, 7) is 2.23. The fourth-order valence-electron chi connectivity index (χ4n) is 1.28. The first kappa shape index (κ1) is 12.1. The Kier molecular flexibility index (Phi) is 4.36. The number of hydrogen-bond donors (Lipinski definition) is 1. The molecule has 0 saturated carbocycles. The van der Waals surface area contributed by atoms with Gasteiger partial charge >= 0.3 is 0 Å². The second kappa shape index (κ2) is 5.78. The smallest absolute Gasteiger partial charge is 0.125 e. The molecule has 0 atom stereocenters. The van der Waals surface area contributed by atoms with E-state index in [1.807, 2.05) is 13.0 Å². The van der Waals surface area contributed by atoms with Crippen molar-refractivity contribution in [2.75, 3.05) is 12.3 Å². The van der Waals surface area contributed by atoms with E-state index in [1.165, 1.54) is 12.1 Å². The van der Waals surface area contributed by atoms with E-state index in [-0.39, 0.29) is 5.82 Å². The SMILES string of the molecule is Cc1c(N)cc(F)cc1C=CCCN=[N+]=[N-]. The van der Waals surface area contributed by atoms with Crippen molar-refractivity contribution in [1.29, 1.82) is 0 Å². The minimum Gasteiger partial charge on any atom is -0.398 e. The zero-order chi connectivity index (χ0) is 12.0. The van der Waals surface area contributed by atoms with Crippen molar-refractivity contribution in [3.8, 4) is 0 Å². The summed E-state index contributed by atoms with van der Waals surface area (Å²) in [6, 6.07) is 2.72. The van der Waals surface area contributed by atoms with Gasteiger partial charge in [0, 0.05) is 17.1 Å². The summed E-state index contributed by atoms with van der Waals surface area (Å²) in [5.74, 6) is -0.349. The first-order chi connectivity index (χ1) is 7.65. The summed E-state index contributed by atoms with van der Waals surface area (Å²) in [7, 11) is 0. The summed E-state index contributed by atoms with van der Waals surface area (Å²) in [4.78, 5) is 2.64. The number of nitrogen functional groups attached to an aromatic ring is 1. The van der Waals surface area contributed by atoms with Crippen LogP contribution in [0.1, 0.15) is 17.5 Å². The van der Waals surface area contributed by atoms with E-state index in [9.17, 15) is 4.39 Å². The lowest BCUT2D eigenvalue weighted by atomic mass is 10.1. The lowest BCUT2D eigenvalue weighted by molar-refractivity contribution is 0.628. The molecule has 0 fully saturated rings. The van der Waals surface area contributed by atoms with E-state index in [4.69, 9.17) is 11.3 Å².